The quantitative estimate of drug-likeness (QED) is 0.754. The Balaban J connectivity index is 2.21. The first-order valence-electron chi connectivity index (χ1n) is 6.67. The topological polar surface area (TPSA) is 107 Å². The van der Waals surface area contributed by atoms with E-state index in [1.165, 1.54) is 13.4 Å². The summed E-state index contributed by atoms with van der Waals surface area (Å²) in [6.07, 6.45) is 1.59. The molecule has 7 nitrogen and oxygen atoms in total. The summed E-state index contributed by atoms with van der Waals surface area (Å²) < 4.78 is 10.2. The molecule has 2 aromatic rings. The van der Waals surface area contributed by atoms with Crippen LogP contribution in [0, 0.1) is 0 Å². The van der Waals surface area contributed by atoms with Crippen molar-refractivity contribution in [3.05, 3.63) is 42.4 Å². The average Bonchev–Trinajstić information content (AvgIpc) is 3.03. The van der Waals surface area contributed by atoms with Gasteiger partial charge in [0.25, 0.3) is 5.91 Å². The Hall–Kier alpha value is -2.80. The van der Waals surface area contributed by atoms with Crippen molar-refractivity contribution in [3.63, 3.8) is 0 Å². The Bertz CT molecular complexity index is 653. The van der Waals surface area contributed by atoms with Crippen LogP contribution in [0.25, 0.3) is 0 Å². The molecule has 7 heteroatoms. The lowest BCUT2D eigenvalue weighted by atomic mass is 10.2. The van der Waals surface area contributed by atoms with E-state index in [9.17, 15) is 9.59 Å². The highest BCUT2D eigenvalue weighted by Gasteiger charge is 2.13. The third kappa shape index (κ3) is 3.86. The van der Waals surface area contributed by atoms with Gasteiger partial charge >= 0.3 is 0 Å². The van der Waals surface area contributed by atoms with Gasteiger partial charge in [0.2, 0.25) is 5.91 Å². The second-order valence-corrected chi connectivity index (χ2v) is 4.43. The third-order valence-corrected chi connectivity index (χ3v) is 2.87. The molecule has 116 valence electrons. The number of hydrogen-bond donors (Lipinski definition) is 3. The first-order valence-corrected chi connectivity index (χ1v) is 6.67. The van der Waals surface area contributed by atoms with Crippen molar-refractivity contribution in [2.24, 2.45) is 5.73 Å². The summed E-state index contributed by atoms with van der Waals surface area (Å²) in [6, 6.07) is 8.10. The Morgan fingerprint density at radius 1 is 1.23 bits per heavy atom. The van der Waals surface area contributed by atoms with Crippen LogP contribution in [-0.4, -0.2) is 25.5 Å². The van der Waals surface area contributed by atoms with E-state index in [-0.39, 0.29) is 24.6 Å². The zero-order chi connectivity index (χ0) is 15.9. The highest BCUT2D eigenvalue weighted by atomic mass is 16.5. The van der Waals surface area contributed by atoms with E-state index in [2.05, 4.69) is 10.6 Å². The fourth-order valence-electron chi connectivity index (χ4n) is 1.80. The van der Waals surface area contributed by atoms with Crippen LogP contribution in [-0.2, 0) is 4.79 Å². The molecule has 0 aliphatic heterocycles. The molecule has 0 saturated heterocycles. The predicted octanol–water partition coefficient (Wildman–Crippen LogP) is 1.83. The fraction of sp³-hybridized carbons (Fsp3) is 0.200. The molecule has 2 rings (SSSR count). The van der Waals surface area contributed by atoms with Crippen molar-refractivity contribution < 1.29 is 18.7 Å². The minimum Gasteiger partial charge on any atom is -0.497 e. The number of ether oxygens (including phenoxy) is 1. The van der Waals surface area contributed by atoms with Gasteiger partial charge in [0.15, 0.2) is 5.76 Å². The van der Waals surface area contributed by atoms with E-state index in [1.807, 2.05) is 0 Å². The highest BCUT2D eigenvalue weighted by Crippen LogP contribution is 2.27. The lowest BCUT2D eigenvalue weighted by molar-refractivity contribution is -0.116. The summed E-state index contributed by atoms with van der Waals surface area (Å²) in [5.74, 6) is 0.0721. The largest absolute Gasteiger partial charge is 0.497 e. The molecule has 0 bridgehead atoms. The Morgan fingerprint density at radius 2 is 2.05 bits per heavy atom. The van der Waals surface area contributed by atoms with Crippen molar-refractivity contribution in [2.45, 2.75) is 6.42 Å². The Labute approximate surface area is 127 Å². The van der Waals surface area contributed by atoms with E-state index >= 15 is 0 Å². The molecular weight excluding hydrogens is 286 g/mol. The number of methoxy groups -OCH3 is 1. The van der Waals surface area contributed by atoms with Gasteiger partial charge in [-0.05, 0) is 24.3 Å². The molecule has 22 heavy (non-hydrogen) atoms. The molecule has 0 saturated carbocycles. The van der Waals surface area contributed by atoms with Crippen LogP contribution in [0.1, 0.15) is 17.0 Å². The van der Waals surface area contributed by atoms with Gasteiger partial charge in [0, 0.05) is 19.0 Å². The predicted molar refractivity (Wildman–Crippen MR) is 82.0 cm³/mol. The first-order chi connectivity index (χ1) is 10.6. The van der Waals surface area contributed by atoms with Crippen molar-refractivity contribution in [1.82, 2.24) is 0 Å². The standard InChI is InChI=1S/C15H17N3O4/c1-21-10-4-5-11(12(9-10)17-14(19)6-7-16)18-15(20)13-3-2-8-22-13/h2-5,8-9H,6-7,16H2,1H3,(H,17,19)(H,18,20). The van der Waals surface area contributed by atoms with Gasteiger partial charge in [0.1, 0.15) is 5.75 Å². The molecule has 0 unspecified atom stereocenters. The van der Waals surface area contributed by atoms with Crippen LogP contribution in [0.4, 0.5) is 11.4 Å². The summed E-state index contributed by atoms with van der Waals surface area (Å²) in [5.41, 5.74) is 6.22. The minimum atomic E-state index is -0.413. The molecule has 0 aliphatic carbocycles. The molecule has 4 N–H and O–H groups in total. The van der Waals surface area contributed by atoms with Gasteiger partial charge in [0.05, 0.1) is 24.7 Å². The SMILES string of the molecule is COc1ccc(NC(=O)c2ccco2)c(NC(=O)CCN)c1. The fourth-order valence-corrected chi connectivity index (χ4v) is 1.80. The van der Waals surface area contributed by atoms with E-state index < -0.39 is 5.91 Å². The first kappa shape index (κ1) is 15.6. The van der Waals surface area contributed by atoms with Crippen molar-refractivity contribution in [1.29, 1.82) is 0 Å². The molecule has 2 amide bonds. The van der Waals surface area contributed by atoms with Crippen molar-refractivity contribution in [2.75, 3.05) is 24.3 Å². The maximum Gasteiger partial charge on any atom is 0.291 e. The molecule has 0 radical (unpaired) electrons. The number of nitrogens with one attached hydrogen (secondary N) is 2. The van der Waals surface area contributed by atoms with Crippen LogP contribution < -0.4 is 21.1 Å². The van der Waals surface area contributed by atoms with Gasteiger partial charge in [-0.25, -0.2) is 0 Å². The van der Waals surface area contributed by atoms with Crippen molar-refractivity contribution >= 4 is 23.2 Å². The molecule has 0 spiro atoms. The minimum absolute atomic E-state index is 0.176. The molecule has 0 aliphatic rings. The van der Waals surface area contributed by atoms with E-state index in [4.69, 9.17) is 14.9 Å². The summed E-state index contributed by atoms with van der Waals surface area (Å²) in [5, 5.41) is 5.37. The molecule has 0 atom stereocenters. The van der Waals surface area contributed by atoms with Crippen LogP contribution in [0.3, 0.4) is 0 Å². The number of amides is 2. The van der Waals surface area contributed by atoms with Crippen LogP contribution in [0.15, 0.2) is 41.0 Å². The molecular formula is C15H17N3O4. The van der Waals surface area contributed by atoms with Gasteiger partial charge in [-0.1, -0.05) is 0 Å². The monoisotopic (exact) mass is 303 g/mol. The van der Waals surface area contributed by atoms with E-state index in [0.29, 0.717) is 17.1 Å². The van der Waals surface area contributed by atoms with Crippen LogP contribution in [0.5, 0.6) is 5.75 Å². The molecule has 0 fully saturated rings. The maximum absolute atomic E-state index is 12.0. The molecule has 1 aromatic carbocycles. The molecule has 1 heterocycles. The lowest BCUT2D eigenvalue weighted by Crippen LogP contribution is -2.18. The second-order valence-electron chi connectivity index (χ2n) is 4.43. The number of hydrogen-bond acceptors (Lipinski definition) is 5. The number of nitrogens with two attached hydrogens (primary N) is 1. The Morgan fingerprint density at radius 3 is 2.68 bits per heavy atom. The maximum atomic E-state index is 12.0. The van der Waals surface area contributed by atoms with E-state index in [1.54, 1.807) is 30.3 Å². The summed E-state index contributed by atoms with van der Waals surface area (Å²) in [6.45, 7) is 0.240. The normalized spacial score (nSPS) is 10.1. The number of anilines is 2. The number of carbonyl (C=O) groups excluding carboxylic acids is 2. The van der Waals surface area contributed by atoms with Gasteiger partial charge in [-0.15, -0.1) is 0 Å². The Kier molecular flexibility index (Phi) is 5.16. The van der Waals surface area contributed by atoms with Crippen LogP contribution in [0.2, 0.25) is 0 Å². The molecule has 1 aromatic heterocycles. The summed E-state index contributed by atoms with van der Waals surface area (Å²) in [7, 11) is 1.52. The third-order valence-electron chi connectivity index (χ3n) is 2.87. The smallest absolute Gasteiger partial charge is 0.291 e. The number of furan rings is 1. The zero-order valence-corrected chi connectivity index (χ0v) is 12.1. The average molecular weight is 303 g/mol. The summed E-state index contributed by atoms with van der Waals surface area (Å²) in [4.78, 5) is 23.7. The van der Waals surface area contributed by atoms with Gasteiger partial charge in [-0.3, -0.25) is 9.59 Å². The number of rotatable bonds is 6. The van der Waals surface area contributed by atoms with Crippen molar-refractivity contribution in [3.8, 4) is 5.75 Å². The van der Waals surface area contributed by atoms with Crippen LogP contribution >= 0.6 is 0 Å². The number of benzene rings is 1. The van der Waals surface area contributed by atoms with Gasteiger partial charge < -0.3 is 25.5 Å². The van der Waals surface area contributed by atoms with E-state index in [0.717, 1.165) is 0 Å². The lowest BCUT2D eigenvalue weighted by Gasteiger charge is -2.13. The van der Waals surface area contributed by atoms with Gasteiger partial charge in [-0.2, -0.15) is 0 Å². The zero-order valence-electron chi connectivity index (χ0n) is 12.1. The number of carbonyl (C=O) groups is 2. The second kappa shape index (κ2) is 7.28. The highest BCUT2D eigenvalue weighted by molar-refractivity contribution is 6.05. The summed E-state index contributed by atoms with van der Waals surface area (Å²) >= 11 is 0.